The number of alkyl halides is 6. The number of halogens is 8. The smallest absolute Gasteiger partial charge is 1.00 e. The van der Waals surface area contributed by atoms with Crippen molar-refractivity contribution in [3.63, 3.8) is 0 Å². The molecule has 9 heteroatoms. The van der Waals surface area contributed by atoms with Crippen molar-refractivity contribution in [2.45, 2.75) is 73.2 Å². The number of rotatable bonds is 4. The van der Waals surface area contributed by atoms with E-state index in [1.165, 1.54) is 76.1 Å². The van der Waals surface area contributed by atoms with Crippen molar-refractivity contribution in [2.24, 2.45) is 11.3 Å². The van der Waals surface area contributed by atoms with Gasteiger partial charge in [0, 0.05) is 0 Å². The first-order chi connectivity index (χ1) is 22.9. The van der Waals surface area contributed by atoms with Crippen molar-refractivity contribution in [1.82, 2.24) is 0 Å². The molecule has 1 unspecified atom stereocenters. The molecule has 0 heterocycles. The van der Waals surface area contributed by atoms with Crippen LogP contribution < -0.4 is 24.8 Å². The van der Waals surface area contributed by atoms with Gasteiger partial charge in [-0.25, -0.2) is 6.08 Å². The molecule has 2 aliphatic carbocycles. The van der Waals surface area contributed by atoms with Crippen LogP contribution >= 0.6 is 0 Å². The van der Waals surface area contributed by atoms with Gasteiger partial charge in [-0.1, -0.05) is 88.1 Å². The van der Waals surface area contributed by atoms with Crippen molar-refractivity contribution in [1.29, 1.82) is 0 Å². The van der Waals surface area contributed by atoms with Crippen LogP contribution in [-0.2, 0) is 43.0 Å². The van der Waals surface area contributed by atoms with Gasteiger partial charge < -0.3 is 24.8 Å². The fourth-order valence-corrected chi connectivity index (χ4v) is 6.46. The van der Waals surface area contributed by atoms with Gasteiger partial charge in [0.25, 0.3) is 0 Å². The zero-order chi connectivity index (χ0) is 36.1. The van der Waals surface area contributed by atoms with Crippen LogP contribution in [0.4, 0.5) is 26.3 Å². The normalized spacial score (nSPS) is 14.4. The summed E-state index contributed by atoms with van der Waals surface area (Å²) in [4.78, 5) is 0. The fourth-order valence-electron chi connectivity index (χ4n) is 5.64. The van der Waals surface area contributed by atoms with E-state index in [1.807, 2.05) is 0 Å². The molecule has 270 valence electrons. The van der Waals surface area contributed by atoms with Gasteiger partial charge in [0.1, 0.15) is 0 Å². The molecule has 2 aliphatic rings. The van der Waals surface area contributed by atoms with Crippen molar-refractivity contribution in [3.8, 4) is 11.1 Å². The topological polar surface area (TPSA) is 0 Å². The Balaban J connectivity index is 0.000000273. The number of hydrogen-bond acceptors (Lipinski definition) is 0. The monoisotopic (exact) mass is 818 g/mol. The predicted octanol–water partition coefficient (Wildman–Crippen LogP) is 6.27. The Hall–Kier alpha value is -2.73. The molecule has 4 aromatic carbocycles. The molecule has 51 heavy (non-hydrogen) atoms. The molecule has 6 rings (SSSR count). The van der Waals surface area contributed by atoms with Gasteiger partial charge in [0.2, 0.25) is 0 Å². The average molecular weight is 821 g/mol. The second-order valence-electron chi connectivity index (χ2n) is 13.5. The minimum absolute atomic E-state index is 0. The molecule has 0 N–H and O–H groups in total. The molecule has 0 bridgehead atoms. The Morgan fingerprint density at radius 2 is 1.25 bits per heavy atom. The summed E-state index contributed by atoms with van der Waals surface area (Å²) in [5.74, 6) is 0.587. The molecule has 0 saturated carbocycles. The summed E-state index contributed by atoms with van der Waals surface area (Å²) in [6.07, 6.45) is 2.66. The average Bonchev–Trinajstić information content (AvgIpc) is 3.65. The second kappa shape index (κ2) is 18.3. The number of benzene rings is 4. The van der Waals surface area contributed by atoms with Gasteiger partial charge in [-0.05, 0) is 18.9 Å². The summed E-state index contributed by atoms with van der Waals surface area (Å²) in [5.41, 5.74) is 9.51. The Bertz CT molecular complexity index is 1720. The van der Waals surface area contributed by atoms with E-state index in [2.05, 4.69) is 96.2 Å². The van der Waals surface area contributed by atoms with Gasteiger partial charge >= 0.3 is 137 Å². The van der Waals surface area contributed by atoms with Crippen LogP contribution in [0.25, 0.3) is 11.1 Å². The summed E-state index contributed by atoms with van der Waals surface area (Å²) in [6, 6.07) is 23.7. The molecule has 1 atom stereocenters. The zero-order valence-electron chi connectivity index (χ0n) is 29.4. The molecule has 0 aliphatic heterocycles. The maximum atomic E-state index is 12.5. The van der Waals surface area contributed by atoms with Crippen LogP contribution in [0, 0.1) is 37.3 Å². The number of fused-ring (bicyclic) bond motifs is 3. The number of aryl methyl sites for hydroxylation is 2. The van der Waals surface area contributed by atoms with Crippen LogP contribution in [-0.4, -0.2) is 3.21 Å². The number of allylic oxidation sites excluding steroid dienone is 4. The first-order valence-electron chi connectivity index (χ1n) is 16.2. The minimum atomic E-state index is -4.41. The van der Waals surface area contributed by atoms with Gasteiger partial charge in [-0.3, -0.25) is 6.08 Å². The third kappa shape index (κ3) is 12.2. The van der Waals surface area contributed by atoms with Crippen molar-refractivity contribution < 1.29 is 75.4 Å². The van der Waals surface area contributed by atoms with Gasteiger partial charge in [0.15, 0.2) is 0 Å². The van der Waals surface area contributed by atoms with E-state index >= 15 is 0 Å². The predicted molar refractivity (Wildman–Crippen MR) is 183 cm³/mol. The maximum absolute atomic E-state index is 12.5. The van der Waals surface area contributed by atoms with Crippen LogP contribution in [0.3, 0.4) is 0 Å². The molecule has 0 spiro atoms. The summed E-state index contributed by atoms with van der Waals surface area (Å²) < 4.78 is 75.6. The molecule has 4 aromatic rings. The molecular formula is C42H40Cl2F6Zr-2. The van der Waals surface area contributed by atoms with Crippen LogP contribution in [0.1, 0.15) is 85.0 Å². The molecule has 0 radical (unpaired) electrons. The van der Waals surface area contributed by atoms with E-state index in [0.29, 0.717) is 25.7 Å². The van der Waals surface area contributed by atoms with E-state index in [0.717, 1.165) is 54.9 Å². The second-order valence-corrected chi connectivity index (χ2v) is 14.7. The first kappa shape index (κ1) is 44.4. The summed E-state index contributed by atoms with van der Waals surface area (Å²) >= 11 is 0.898. The van der Waals surface area contributed by atoms with Gasteiger partial charge in [-0.2, -0.15) is 35.4 Å². The van der Waals surface area contributed by atoms with E-state index < -0.39 is 23.5 Å². The summed E-state index contributed by atoms with van der Waals surface area (Å²) in [7, 11) is 0. The molecule has 0 saturated heterocycles. The maximum Gasteiger partial charge on any atom is -1.00 e. The van der Waals surface area contributed by atoms with Crippen LogP contribution in [0.5, 0.6) is 0 Å². The third-order valence-electron chi connectivity index (χ3n) is 8.39. The van der Waals surface area contributed by atoms with E-state index in [1.54, 1.807) is 0 Å². The van der Waals surface area contributed by atoms with E-state index in [9.17, 15) is 26.3 Å². The van der Waals surface area contributed by atoms with Crippen molar-refractivity contribution >= 4 is 3.21 Å². The SMILES string of the molecule is CCCC1[C-]=CC(C(C)(C)C)=C1.Cc1[c-]c2c(cc1)-c1ccc(C)cc1C2.FC(F)(F)c1ccc([C](=[Zr+2])c2ccc(C(F)(F)F)cc2)cc1.[Cl-].[Cl-]. The third-order valence-corrected chi connectivity index (χ3v) is 9.81. The largest absolute Gasteiger partial charge is 1.00 e. The standard InChI is InChI=1S/C15H8F6.C15H13.C12H19.2ClH.Zr/c16-14(17,18)12-5-1-10(2-6-12)9-11-3-7-13(8-4-11)15(19,20)21;1-10-3-5-14-12(7-10)9-13-8-11(2)4-6-15(13)14;1-5-6-10-7-8-11(9-10)12(2,3)4;;;/h1-8H;3-7H,9H2,1-2H3;8-10H,5-6H2,1-4H3;2*1H;/q;2*-1;;;+2/p-2. The Kier molecular flexibility index (Phi) is 16.0. The summed E-state index contributed by atoms with van der Waals surface area (Å²) in [6.45, 7) is 13.2. The Morgan fingerprint density at radius 3 is 1.71 bits per heavy atom. The van der Waals surface area contributed by atoms with E-state index in [-0.39, 0.29) is 24.8 Å². The Morgan fingerprint density at radius 1 is 0.745 bits per heavy atom. The van der Waals surface area contributed by atoms with Crippen molar-refractivity contribution in [2.75, 3.05) is 0 Å². The fraction of sp³-hybridized carbons (Fsp3) is 0.310. The number of hydrogen-bond donors (Lipinski definition) is 0. The zero-order valence-corrected chi connectivity index (χ0v) is 33.4. The molecule has 0 nitrogen and oxygen atoms in total. The van der Waals surface area contributed by atoms with E-state index in [4.69, 9.17) is 0 Å². The van der Waals surface area contributed by atoms with Gasteiger partial charge in [-0.15, -0.1) is 11.1 Å². The molecule has 0 amide bonds. The molecule has 0 aromatic heterocycles. The Labute approximate surface area is 325 Å². The van der Waals surface area contributed by atoms with Crippen molar-refractivity contribution in [3.05, 3.63) is 153 Å². The summed E-state index contributed by atoms with van der Waals surface area (Å²) in [5, 5.41) is 0. The molecular weight excluding hydrogens is 781 g/mol. The van der Waals surface area contributed by atoms with Crippen LogP contribution in [0.2, 0.25) is 0 Å². The van der Waals surface area contributed by atoms with Crippen LogP contribution in [0.15, 0.2) is 96.6 Å². The molecule has 0 fully saturated rings. The van der Waals surface area contributed by atoms with Gasteiger partial charge in [0.05, 0.1) is 0 Å². The minimum Gasteiger partial charge on any atom is -1.00 e. The quantitative estimate of drug-likeness (QED) is 0.148. The first-order valence-corrected chi connectivity index (χ1v) is 17.5.